The van der Waals surface area contributed by atoms with Crippen LogP contribution in [-0.4, -0.2) is 34.9 Å². The Kier molecular flexibility index (Phi) is 3.62. The zero-order valence-corrected chi connectivity index (χ0v) is 11.9. The molecule has 106 valence electrons. The highest BCUT2D eigenvalue weighted by atomic mass is 16.3. The standard InChI is InChI=1S/C17H21NO2/c1-12-6-4-9-15(19)16(12)17(20)13-7-2-3-10-18-11-5-8-14(13)18/h4,6-7,9,14,19H,2-3,5,8,10-11H2,1H3/t14-/m0/s1. The molecule has 1 fully saturated rings. The van der Waals surface area contributed by atoms with Crippen LogP contribution in [0.4, 0.5) is 0 Å². The van der Waals surface area contributed by atoms with Crippen molar-refractivity contribution in [2.24, 2.45) is 0 Å². The predicted octanol–water partition coefficient (Wildman–Crippen LogP) is 3.07. The number of carbonyl (C=O) groups is 1. The van der Waals surface area contributed by atoms with Crippen LogP contribution in [0.2, 0.25) is 0 Å². The molecule has 1 aromatic carbocycles. The van der Waals surface area contributed by atoms with Crippen molar-refractivity contribution in [3.05, 3.63) is 41.0 Å². The van der Waals surface area contributed by atoms with E-state index in [4.69, 9.17) is 0 Å². The lowest BCUT2D eigenvalue weighted by atomic mass is 9.92. The molecule has 3 heteroatoms. The summed E-state index contributed by atoms with van der Waals surface area (Å²) in [5, 5.41) is 10.0. The molecule has 3 rings (SSSR count). The summed E-state index contributed by atoms with van der Waals surface area (Å²) in [5.74, 6) is 0.115. The molecule has 0 aromatic heterocycles. The SMILES string of the molecule is Cc1cccc(O)c1C(=O)C1=CCCCN2CCC[C@@H]12. The van der Waals surface area contributed by atoms with Crippen molar-refractivity contribution in [1.29, 1.82) is 0 Å². The van der Waals surface area contributed by atoms with Crippen molar-refractivity contribution in [3.63, 3.8) is 0 Å². The number of phenols is 1. The number of aryl methyl sites for hydroxylation is 1. The zero-order valence-electron chi connectivity index (χ0n) is 11.9. The Balaban J connectivity index is 1.98. The number of Topliss-reactive ketones (excluding diaryl/α,β-unsaturated/α-hetero) is 1. The van der Waals surface area contributed by atoms with Gasteiger partial charge in [-0.3, -0.25) is 9.69 Å². The highest BCUT2D eigenvalue weighted by Crippen LogP contribution is 2.32. The first-order valence-corrected chi connectivity index (χ1v) is 7.46. The van der Waals surface area contributed by atoms with E-state index in [1.54, 1.807) is 12.1 Å². The summed E-state index contributed by atoms with van der Waals surface area (Å²) < 4.78 is 0. The van der Waals surface area contributed by atoms with E-state index in [1.165, 1.54) is 0 Å². The molecule has 0 aliphatic carbocycles. The Morgan fingerprint density at radius 2 is 2.10 bits per heavy atom. The van der Waals surface area contributed by atoms with Crippen LogP contribution in [0.5, 0.6) is 5.75 Å². The molecule has 0 saturated carbocycles. The van der Waals surface area contributed by atoms with Crippen LogP contribution in [0.15, 0.2) is 29.8 Å². The molecule has 2 heterocycles. The Morgan fingerprint density at radius 3 is 2.90 bits per heavy atom. The van der Waals surface area contributed by atoms with Crippen molar-refractivity contribution in [1.82, 2.24) is 4.90 Å². The average Bonchev–Trinajstić information content (AvgIpc) is 2.78. The van der Waals surface area contributed by atoms with E-state index in [0.717, 1.165) is 49.9 Å². The maximum atomic E-state index is 12.9. The topological polar surface area (TPSA) is 40.5 Å². The summed E-state index contributed by atoms with van der Waals surface area (Å²) in [5.41, 5.74) is 2.22. The fourth-order valence-electron chi connectivity index (χ4n) is 3.47. The van der Waals surface area contributed by atoms with Crippen LogP contribution in [0, 0.1) is 6.92 Å². The molecule has 0 unspecified atom stereocenters. The lowest BCUT2D eigenvalue weighted by molar-refractivity contribution is 0.101. The second-order valence-electron chi connectivity index (χ2n) is 5.79. The van der Waals surface area contributed by atoms with Gasteiger partial charge in [-0.15, -0.1) is 0 Å². The van der Waals surface area contributed by atoms with Gasteiger partial charge in [-0.2, -0.15) is 0 Å². The van der Waals surface area contributed by atoms with Gasteiger partial charge in [0.15, 0.2) is 5.78 Å². The van der Waals surface area contributed by atoms with Gasteiger partial charge < -0.3 is 5.11 Å². The molecule has 1 N–H and O–H groups in total. The molecule has 2 aliphatic heterocycles. The van der Waals surface area contributed by atoms with E-state index in [1.807, 2.05) is 13.0 Å². The van der Waals surface area contributed by atoms with Gasteiger partial charge >= 0.3 is 0 Å². The van der Waals surface area contributed by atoms with E-state index in [0.29, 0.717) is 5.56 Å². The third-order valence-corrected chi connectivity index (χ3v) is 4.48. The van der Waals surface area contributed by atoms with Gasteiger partial charge in [0.05, 0.1) is 5.56 Å². The highest BCUT2D eigenvalue weighted by molar-refractivity contribution is 6.12. The minimum absolute atomic E-state index is 0.0133. The smallest absolute Gasteiger partial charge is 0.194 e. The number of rotatable bonds is 2. The van der Waals surface area contributed by atoms with Crippen LogP contribution < -0.4 is 0 Å². The third-order valence-electron chi connectivity index (χ3n) is 4.48. The number of benzene rings is 1. The number of hydrogen-bond donors (Lipinski definition) is 1. The van der Waals surface area contributed by atoms with Gasteiger partial charge in [0, 0.05) is 11.6 Å². The summed E-state index contributed by atoms with van der Waals surface area (Å²) in [6.45, 7) is 4.06. The van der Waals surface area contributed by atoms with Crippen molar-refractivity contribution < 1.29 is 9.90 Å². The molecule has 2 aliphatic rings. The van der Waals surface area contributed by atoms with Crippen molar-refractivity contribution in [3.8, 4) is 5.75 Å². The summed E-state index contributed by atoms with van der Waals surface area (Å²) in [7, 11) is 0. The maximum Gasteiger partial charge on any atom is 0.194 e. The number of fused-ring (bicyclic) bond motifs is 1. The predicted molar refractivity (Wildman–Crippen MR) is 79.1 cm³/mol. The first-order valence-electron chi connectivity index (χ1n) is 7.46. The lowest BCUT2D eigenvalue weighted by Gasteiger charge is -2.24. The Bertz CT molecular complexity index is 542. The number of aromatic hydroxyl groups is 1. The molecule has 0 amide bonds. The highest BCUT2D eigenvalue weighted by Gasteiger charge is 2.33. The summed E-state index contributed by atoms with van der Waals surface area (Å²) in [6.07, 6.45) is 6.40. The van der Waals surface area contributed by atoms with E-state index >= 15 is 0 Å². The molecule has 1 atom stereocenters. The summed E-state index contributed by atoms with van der Waals surface area (Å²) in [4.78, 5) is 15.3. The van der Waals surface area contributed by atoms with Gasteiger partial charge in [0.25, 0.3) is 0 Å². The van der Waals surface area contributed by atoms with Gasteiger partial charge in [0.1, 0.15) is 5.75 Å². The second-order valence-corrected chi connectivity index (χ2v) is 5.79. The summed E-state index contributed by atoms with van der Waals surface area (Å²) in [6, 6.07) is 5.52. The maximum absolute atomic E-state index is 12.9. The largest absolute Gasteiger partial charge is 0.507 e. The Hall–Kier alpha value is -1.61. The number of nitrogens with zero attached hydrogens (tertiary/aromatic N) is 1. The minimum Gasteiger partial charge on any atom is -0.507 e. The number of allylic oxidation sites excluding steroid dienone is 1. The monoisotopic (exact) mass is 271 g/mol. The van der Waals surface area contributed by atoms with Gasteiger partial charge in [-0.25, -0.2) is 0 Å². The number of hydrogen-bond acceptors (Lipinski definition) is 3. The summed E-state index contributed by atoms with van der Waals surface area (Å²) >= 11 is 0. The molecule has 0 spiro atoms. The fraction of sp³-hybridized carbons (Fsp3) is 0.471. The van der Waals surface area contributed by atoms with Crippen LogP contribution in [0.25, 0.3) is 0 Å². The normalized spacial score (nSPS) is 23.1. The average molecular weight is 271 g/mol. The van der Waals surface area contributed by atoms with E-state index < -0.39 is 0 Å². The van der Waals surface area contributed by atoms with Gasteiger partial charge in [-0.1, -0.05) is 18.2 Å². The lowest BCUT2D eigenvalue weighted by Crippen LogP contribution is -2.33. The number of carbonyl (C=O) groups excluding carboxylic acids is 1. The molecular weight excluding hydrogens is 250 g/mol. The van der Waals surface area contributed by atoms with Crippen molar-refractivity contribution in [2.45, 2.75) is 38.6 Å². The first-order chi connectivity index (χ1) is 9.68. The van der Waals surface area contributed by atoms with Crippen LogP contribution in [-0.2, 0) is 0 Å². The van der Waals surface area contributed by atoms with E-state index in [-0.39, 0.29) is 17.6 Å². The van der Waals surface area contributed by atoms with Crippen molar-refractivity contribution in [2.75, 3.05) is 13.1 Å². The molecule has 0 radical (unpaired) electrons. The van der Waals surface area contributed by atoms with E-state index in [9.17, 15) is 9.90 Å². The third kappa shape index (κ3) is 2.27. The quantitative estimate of drug-likeness (QED) is 0.840. The number of ketones is 1. The Morgan fingerprint density at radius 1 is 1.30 bits per heavy atom. The van der Waals surface area contributed by atoms with E-state index in [2.05, 4.69) is 11.0 Å². The molecule has 1 aromatic rings. The zero-order chi connectivity index (χ0) is 14.1. The fourth-order valence-corrected chi connectivity index (χ4v) is 3.47. The molecular formula is C17H21NO2. The molecule has 20 heavy (non-hydrogen) atoms. The van der Waals surface area contributed by atoms with Crippen LogP contribution in [0.3, 0.4) is 0 Å². The van der Waals surface area contributed by atoms with Crippen LogP contribution in [0.1, 0.15) is 41.6 Å². The molecule has 3 nitrogen and oxygen atoms in total. The first kappa shape index (κ1) is 13.4. The van der Waals surface area contributed by atoms with Crippen LogP contribution >= 0.6 is 0 Å². The van der Waals surface area contributed by atoms with Crippen molar-refractivity contribution >= 4 is 5.78 Å². The minimum atomic E-state index is 0.0133. The van der Waals surface area contributed by atoms with Gasteiger partial charge in [-0.05, 0) is 57.3 Å². The number of phenolic OH excluding ortho intramolecular Hbond substituents is 1. The Labute approximate surface area is 119 Å². The second kappa shape index (κ2) is 5.41. The van der Waals surface area contributed by atoms with Gasteiger partial charge in [0.2, 0.25) is 0 Å². The molecule has 1 saturated heterocycles. The molecule has 0 bridgehead atoms.